The molecule has 0 radical (unpaired) electrons. The van der Waals surface area contributed by atoms with Gasteiger partial charge in [-0.15, -0.1) is 0 Å². The lowest BCUT2D eigenvalue weighted by Gasteiger charge is -2.37. The molecule has 0 spiro atoms. The number of carbonyl (C=O) groups excluding carboxylic acids is 11. The van der Waals surface area contributed by atoms with Crippen LogP contribution >= 0.6 is 0 Å². The number of fused-ring (bicyclic) bond motifs is 30. The van der Waals surface area contributed by atoms with E-state index in [-0.39, 0.29) is 68.4 Å². The molecule has 6 heterocycles. The average molecular weight is 1400 g/mol. The molecule has 540 valence electrons. The Kier molecular flexibility index (Phi) is 25.0. The lowest BCUT2D eigenvalue weighted by Crippen LogP contribution is -2.63. The predicted octanol–water partition coefficient (Wildman–Crippen LogP) is 1.61. The molecule has 0 unspecified atom stereocenters. The fourth-order valence-electron chi connectivity index (χ4n) is 13.0. The van der Waals surface area contributed by atoms with Gasteiger partial charge in [0.1, 0.15) is 77.4 Å². The third kappa shape index (κ3) is 18.9. The number of amides is 11. The molecule has 2 aromatic heterocycles. The van der Waals surface area contributed by atoms with Crippen molar-refractivity contribution in [2.75, 3.05) is 33.3 Å². The van der Waals surface area contributed by atoms with Crippen LogP contribution in [0.1, 0.15) is 100 Å². The van der Waals surface area contributed by atoms with Crippen LogP contribution in [0.15, 0.2) is 97.3 Å². The summed E-state index contributed by atoms with van der Waals surface area (Å²) in [4.78, 5) is 167. The number of halogens is 3. The van der Waals surface area contributed by atoms with Crippen LogP contribution in [0.25, 0.3) is 21.8 Å². The third-order valence-electron chi connectivity index (χ3n) is 18.7. The summed E-state index contributed by atoms with van der Waals surface area (Å²) in [6, 6.07) is 8.48. The van der Waals surface area contributed by atoms with Crippen molar-refractivity contribution in [3.8, 4) is 5.75 Å². The van der Waals surface area contributed by atoms with E-state index in [0.29, 0.717) is 52.6 Å². The van der Waals surface area contributed by atoms with Crippen LogP contribution in [0.2, 0.25) is 0 Å². The minimum absolute atomic E-state index is 0.000430. The standard InChI is InChI=1S/C71H87F3N14O13/c1-38-62(92)83-55(28-44-35-77-52-20-16-46(72)30-50(44)52)64(94)84-58(29-45-36-78-53-21-17-47(73)31-51(45)53)68(98)87-37-48(74)32-59(87)66(96)86-61(39(2)89)67(97)85-57(27-42-14-18-49(101-5)19-15-42)69(99)88-26-8-23-71(88,4)70(100)76-25-22-41-10-12-43(13-11-41)34-79-60(91)33-56(81-40(3)90)65(95)82-54(63(93)80-38)9-6-7-24-75/h10-21,30-31,35-36,38-39,48,54-59,61,77-78,89H,6-9,22-29,32-34,37,75H2,1-5H3,(H,76,100)(H,79,91)(H,80,93)(H,81,90)(H,82,95)(H,83,92)(H,84,94)(H,85,97)(H,86,96)/t38-,39-,48+,54+,55+,56+,57+,58+,59+,61+,71+/m1/s1. The van der Waals surface area contributed by atoms with Gasteiger partial charge in [-0.3, -0.25) is 52.7 Å². The zero-order valence-electron chi connectivity index (χ0n) is 56.8. The number of carbonyl (C=O) groups is 11. The second-order valence-electron chi connectivity index (χ2n) is 26.2. The molecule has 2 saturated heterocycles. The maximum absolute atomic E-state index is 16.1. The zero-order valence-corrected chi connectivity index (χ0v) is 56.8. The Morgan fingerprint density at radius 2 is 1.30 bits per heavy atom. The molecule has 4 aromatic carbocycles. The number of methoxy groups -OCH3 is 1. The fraction of sp³-hybridized carbons (Fsp3) is 0.451. The molecule has 10 rings (SSSR count). The van der Waals surface area contributed by atoms with Gasteiger partial charge in [-0.2, -0.15) is 0 Å². The molecule has 27 nitrogen and oxygen atoms in total. The van der Waals surface area contributed by atoms with Crippen molar-refractivity contribution in [3.05, 3.63) is 137 Å². The summed E-state index contributed by atoms with van der Waals surface area (Å²) in [5, 5.41) is 35.7. The minimum Gasteiger partial charge on any atom is -0.497 e. The van der Waals surface area contributed by atoms with E-state index in [2.05, 4.69) is 57.8 Å². The number of aromatic amines is 2. The monoisotopic (exact) mass is 1400 g/mol. The number of aliphatic hydroxyl groups is 1. The van der Waals surface area contributed by atoms with Gasteiger partial charge in [-0.1, -0.05) is 36.4 Å². The summed E-state index contributed by atoms with van der Waals surface area (Å²) in [6.45, 7) is 4.93. The minimum atomic E-state index is -1.88. The van der Waals surface area contributed by atoms with E-state index in [0.717, 1.165) is 17.4 Å². The molecule has 11 amide bonds. The molecule has 6 aromatic rings. The van der Waals surface area contributed by atoms with Gasteiger partial charge in [-0.25, -0.2) is 13.2 Å². The summed E-state index contributed by atoms with van der Waals surface area (Å²) < 4.78 is 51.4. The second kappa shape index (κ2) is 33.7. The van der Waals surface area contributed by atoms with Crippen molar-refractivity contribution in [2.45, 2.75) is 171 Å². The molecule has 4 aliphatic heterocycles. The highest BCUT2D eigenvalue weighted by molar-refractivity contribution is 6.01. The zero-order chi connectivity index (χ0) is 72.8. The van der Waals surface area contributed by atoms with Crippen molar-refractivity contribution >= 4 is 86.8 Å². The maximum Gasteiger partial charge on any atom is 0.246 e. The molecule has 2 fully saturated rings. The molecule has 11 atom stereocenters. The molecule has 4 aliphatic rings. The topological polar surface area (TPSA) is 390 Å². The van der Waals surface area contributed by atoms with Crippen LogP contribution in [0.3, 0.4) is 0 Å². The number of unbranched alkanes of at least 4 members (excludes halogenated alkanes) is 1. The average Bonchev–Trinajstić information content (AvgIpc) is 1.71. The molecule has 30 heteroatoms. The Labute approximate surface area is 580 Å². The first-order valence-corrected chi connectivity index (χ1v) is 33.7. The number of ether oxygens (including phenoxy) is 1. The van der Waals surface area contributed by atoms with Crippen LogP contribution < -0.4 is 58.3 Å². The Morgan fingerprint density at radius 3 is 1.92 bits per heavy atom. The third-order valence-corrected chi connectivity index (χ3v) is 18.7. The summed E-state index contributed by atoms with van der Waals surface area (Å²) in [5.74, 6) is -10.4. The highest BCUT2D eigenvalue weighted by atomic mass is 19.1. The van der Waals surface area contributed by atoms with E-state index in [9.17, 15) is 47.9 Å². The highest BCUT2D eigenvalue weighted by Gasteiger charge is 2.49. The van der Waals surface area contributed by atoms with Gasteiger partial charge in [0.2, 0.25) is 65.0 Å². The number of nitrogens with two attached hydrogens (primary N) is 1. The van der Waals surface area contributed by atoms with E-state index in [1.807, 2.05) is 0 Å². The van der Waals surface area contributed by atoms with Crippen LogP contribution in [0, 0.1) is 11.6 Å². The van der Waals surface area contributed by atoms with E-state index in [1.165, 1.54) is 74.6 Å². The SMILES string of the molecule is COc1ccc(C[C@@H]2NC(=O)[C@H]([C@@H](C)O)NC(=O)[C@@H]3C[C@H](F)CN3C(=O)[C@H](Cc3c[nH]c4ccc(F)cc34)NC(=O)[C@H](Cc3c[nH]c4ccc(F)cc34)NC(=O)[C@@H](C)NC(=O)[C@H](CCCCN)NC(=O)[C@@H](NC(C)=O)CC(=O)NCc3ccc(cc3)CCNC(=O)[C@]3(C)CCCN3C2=O)cc1. The number of benzene rings is 4. The number of nitrogens with zero attached hydrogens (tertiary/aromatic N) is 2. The predicted molar refractivity (Wildman–Crippen MR) is 364 cm³/mol. The maximum atomic E-state index is 16.1. The van der Waals surface area contributed by atoms with Crippen molar-refractivity contribution in [1.82, 2.24) is 67.6 Å². The largest absolute Gasteiger partial charge is 0.497 e. The Morgan fingerprint density at radius 1 is 0.703 bits per heavy atom. The summed E-state index contributed by atoms with van der Waals surface area (Å²) in [6.07, 6.45) is -1.25. The molecular formula is C71H87F3N14O13. The van der Waals surface area contributed by atoms with Crippen molar-refractivity contribution in [1.29, 1.82) is 0 Å². The molecule has 101 heavy (non-hydrogen) atoms. The smallest absolute Gasteiger partial charge is 0.246 e. The normalized spacial score (nSPS) is 25.0. The van der Waals surface area contributed by atoms with Crippen molar-refractivity contribution in [2.24, 2.45) is 5.73 Å². The molecule has 14 N–H and O–H groups in total. The lowest BCUT2D eigenvalue weighted by molar-refractivity contribution is -0.147. The van der Waals surface area contributed by atoms with Crippen molar-refractivity contribution in [3.63, 3.8) is 0 Å². The lowest BCUT2D eigenvalue weighted by atomic mass is 9.95. The van der Waals surface area contributed by atoms with E-state index >= 15 is 23.2 Å². The van der Waals surface area contributed by atoms with E-state index < -0.39 is 175 Å². The summed E-state index contributed by atoms with van der Waals surface area (Å²) in [7, 11) is 1.47. The number of aromatic nitrogens is 2. The van der Waals surface area contributed by atoms with Gasteiger partial charge < -0.3 is 83.2 Å². The molecule has 0 saturated carbocycles. The van der Waals surface area contributed by atoms with Crippen molar-refractivity contribution < 1.29 is 75.8 Å². The fourth-order valence-corrected chi connectivity index (χ4v) is 13.0. The van der Waals surface area contributed by atoms with Crippen LogP contribution in [-0.2, 0) is 85.0 Å². The quantitative estimate of drug-likeness (QED) is 0.0578. The molecule has 2 bridgehead atoms. The number of rotatable bonds is 13. The van der Waals surface area contributed by atoms with Crippen LogP contribution in [0.5, 0.6) is 5.75 Å². The van der Waals surface area contributed by atoms with Gasteiger partial charge in [-0.05, 0) is 142 Å². The van der Waals surface area contributed by atoms with Crippen LogP contribution in [-0.4, -0.2) is 189 Å². The van der Waals surface area contributed by atoms with Gasteiger partial charge in [0.05, 0.1) is 26.2 Å². The summed E-state index contributed by atoms with van der Waals surface area (Å²) in [5.41, 5.74) is 7.76. The van der Waals surface area contributed by atoms with E-state index in [4.69, 9.17) is 10.5 Å². The second-order valence-corrected chi connectivity index (χ2v) is 26.2. The summed E-state index contributed by atoms with van der Waals surface area (Å²) >= 11 is 0. The number of aliphatic hydroxyl groups excluding tert-OH is 1. The molecule has 0 aliphatic carbocycles. The number of H-pyrrole nitrogens is 2. The Hall–Kier alpha value is -10.4. The van der Waals surface area contributed by atoms with E-state index in [1.54, 1.807) is 55.5 Å². The first kappa shape index (κ1) is 74.9. The van der Waals surface area contributed by atoms with Crippen LogP contribution in [0.4, 0.5) is 13.2 Å². The number of hydrogen-bond acceptors (Lipinski definition) is 14. The van der Waals surface area contributed by atoms with Gasteiger partial charge >= 0.3 is 0 Å². The van der Waals surface area contributed by atoms with Gasteiger partial charge in [0.25, 0.3) is 0 Å². The Bertz CT molecular complexity index is 4040. The Balaban J connectivity index is 1.07. The number of nitrogens with one attached hydrogen (secondary N) is 11. The van der Waals surface area contributed by atoms with Gasteiger partial charge in [0.15, 0.2) is 0 Å². The molecular weight excluding hydrogens is 1310 g/mol. The first-order chi connectivity index (χ1) is 48.2. The number of alkyl halides is 1. The number of hydrogen-bond donors (Lipinski definition) is 13. The highest BCUT2D eigenvalue weighted by Crippen LogP contribution is 2.32. The first-order valence-electron chi connectivity index (χ1n) is 33.7. The van der Waals surface area contributed by atoms with Gasteiger partial charge in [0, 0.05) is 86.4 Å².